The Bertz CT molecular complexity index is 749. The summed E-state index contributed by atoms with van der Waals surface area (Å²) in [4.78, 5) is 19.0. The molecule has 2 heterocycles. The maximum absolute atomic E-state index is 13.9. The smallest absolute Gasteiger partial charge is 0.226 e. The average molecular weight is 348 g/mol. The fraction of sp³-hybridized carbons (Fsp3) is 0.444. The highest BCUT2D eigenvalue weighted by atomic mass is 32.1. The molecule has 3 atom stereocenters. The van der Waals surface area contributed by atoms with Crippen LogP contribution in [0.3, 0.4) is 0 Å². The largest absolute Gasteiger partial charge is 0.342 e. The van der Waals surface area contributed by atoms with Gasteiger partial charge in [0.1, 0.15) is 0 Å². The van der Waals surface area contributed by atoms with Crippen LogP contribution in [0.5, 0.6) is 0 Å². The molecule has 2 fully saturated rings. The molecule has 4 rings (SSSR count). The van der Waals surface area contributed by atoms with E-state index in [0.717, 1.165) is 30.5 Å². The van der Waals surface area contributed by atoms with Gasteiger partial charge in [0.2, 0.25) is 5.91 Å². The third-order valence-electron chi connectivity index (χ3n) is 5.02. The standard InChI is InChI=1S/C18H18F2N2OS/c19-15-5-1-4-12(16(15)20)13-9-14(13)18(23)22-7-2-3-11(10-22)17-21-6-8-24-17/h1,4-6,8,11,13-14H,2-3,7,9-10H2/t11-,13+,14-/m1/s1. The number of likely N-dealkylation sites (tertiary alicyclic amines) is 1. The summed E-state index contributed by atoms with van der Waals surface area (Å²) >= 11 is 1.63. The number of halogens is 2. The predicted octanol–water partition coefficient (Wildman–Crippen LogP) is 3.93. The van der Waals surface area contributed by atoms with E-state index in [1.807, 2.05) is 10.3 Å². The number of aromatic nitrogens is 1. The molecule has 2 aliphatic rings. The van der Waals surface area contributed by atoms with Gasteiger partial charge in [0.25, 0.3) is 0 Å². The van der Waals surface area contributed by atoms with Crippen LogP contribution in [-0.4, -0.2) is 28.9 Å². The van der Waals surface area contributed by atoms with Crippen LogP contribution in [0.25, 0.3) is 0 Å². The van der Waals surface area contributed by atoms with Gasteiger partial charge in [-0.15, -0.1) is 11.3 Å². The maximum atomic E-state index is 13.9. The van der Waals surface area contributed by atoms with Crippen molar-refractivity contribution in [3.05, 3.63) is 52.0 Å². The first-order chi connectivity index (χ1) is 11.6. The van der Waals surface area contributed by atoms with Crippen LogP contribution in [0.4, 0.5) is 8.78 Å². The SMILES string of the molecule is O=C([C@@H]1C[C@H]1c1cccc(F)c1F)N1CCC[C@@H](c2nccs2)C1. The van der Waals surface area contributed by atoms with Crippen LogP contribution in [0, 0.1) is 17.6 Å². The second-order valence-corrected chi connectivity index (χ2v) is 7.51. The third-order valence-corrected chi connectivity index (χ3v) is 5.96. The van der Waals surface area contributed by atoms with Crippen molar-refractivity contribution in [2.45, 2.75) is 31.1 Å². The topological polar surface area (TPSA) is 33.2 Å². The molecule has 0 bridgehead atoms. The number of piperidine rings is 1. The molecule has 24 heavy (non-hydrogen) atoms. The van der Waals surface area contributed by atoms with E-state index in [4.69, 9.17) is 0 Å². The Kier molecular flexibility index (Phi) is 4.08. The van der Waals surface area contributed by atoms with Crippen LogP contribution in [-0.2, 0) is 4.79 Å². The minimum Gasteiger partial charge on any atom is -0.342 e. The van der Waals surface area contributed by atoms with E-state index in [-0.39, 0.29) is 17.7 Å². The molecule has 1 saturated carbocycles. The monoisotopic (exact) mass is 348 g/mol. The molecule has 1 aromatic carbocycles. The van der Waals surface area contributed by atoms with Crippen molar-refractivity contribution < 1.29 is 13.6 Å². The molecule has 0 spiro atoms. The van der Waals surface area contributed by atoms with E-state index in [9.17, 15) is 13.6 Å². The van der Waals surface area contributed by atoms with Crippen molar-refractivity contribution in [1.82, 2.24) is 9.88 Å². The third kappa shape index (κ3) is 2.83. The first-order valence-corrected chi connectivity index (χ1v) is 9.15. The van der Waals surface area contributed by atoms with E-state index in [1.54, 1.807) is 23.6 Å². The van der Waals surface area contributed by atoms with Crippen LogP contribution in [0.15, 0.2) is 29.8 Å². The summed E-state index contributed by atoms with van der Waals surface area (Å²) < 4.78 is 27.3. The summed E-state index contributed by atoms with van der Waals surface area (Å²) in [6, 6.07) is 4.21. The number of hydrogen-bond acceptors (Lipinski definition) is 3. The summed E-state index contributed by atoms with van der Waals surface area (Å²) in [6.45, 7) is 1.43. The molecule has 1 aliphatic carbocycles. The minimum atomic E-state index is -0.840. The maximum Gasteiger partial charge on any atom is 0.226 e. The number of carbonyl (C=O) groups excluding carboxylic acids is 1. The van der Waals surface area contributed by atoms with Gasteiger partial charge in [-0.05, 0) is 36.8 Å². The highest BCUT2D eigenvalue weighted by molar-refractivity contribution is 7.09. The number of nitrogens with zero attached hydrogens (tertiary/aromatic N) is 2. The van der Waals surface area contributed by atoms with E-state index >= 15 is 0 Å². The molecular formula is C18H18F2N2OS. The van der Waals surface area contributed by atoms with Gasteiger partial charge in [-0.2, -0.15) is 0 Å². The van der Waals surface area contributed by atoms with E-state index in [0.29, 0.717) is 24.4 Å². The number of carbonyl (C=O) groups is 1. The molecule has 6 heteroatoms. The minimum absolute atomic E-state index is 0.0740. The highest BCUT2D eigenvalue weighted by Gasteiger charge is 2.47. The Morgan fingerprint density at radius 3 is 3.00 bits per heavy atom. The van der Waals surface area contributed by atoms with Gasteiger partial charge in [0, 0.05) is 36.5 Å². The average Bonchev–Trinajstić information content (AvgIpc) is 3.19. The van der Waals surface area contributed by atoms with Crippen molar-refractivity contribution >= 4 is 17.2 Å². The molecule has 1 amide bonds. The van der Waals surface area contributed by atoms with Gasteiger partial charge in [-0.1, -0.05) is 12.1 Å². The highest BCUT2D eigenvalue weighted by Crippen LogP contribution is 2.50. The zero-order valence-corrected chi connectivity index (χ0v) is 13.9. The van der Waals surface area contributed by atoms with Gasteiger partial charge in [0.15, 0.2) is 11.6 Å². The lowest BCUT2D eigenvalue weighted by atomic mass is 9.98. The van der Waals surface area contributed by atoms with Crippen molar-refractivity contribution in [3.8, 4) is 0 Å². The van der Waals surface area contributed by atoms with Crippen LogP contribution >= 0.6 is 11.3 Å². The summed E-state index contributed by atoms with van der Waals surface area (Å²) in [5.41, 5.74) is 0.335. The van der Waals surface area contributed by atoms with Gasteiger partial charge in [0.05, 0.1) is 5.01 Å². The van der Waals surface area contributed by atoms with Crippen molar-refractivity contribution in [3.63, 3.8) is 0 Å². The quantitative estimate of drug-likeness (QED) is 0.842. The first-order valence-electron chi connectivity index (χ1n) is 8.27. The van der Waals surface area contributed by atoms with Crippen molar-refractivity contribution in [1.29, 1.82) is 0 Å². The number of thiazole rings is 1. The van der Waals surface area contributed by atoms with Gasteiger partial charge < -0.3 is 4.90 Å². The molecule has 0 radical (unpaired) electrons. The van der Waals surface area contributed by atoms with Crippen molar-refractivity contribution in [2.24, 2.45) is 5.92 Å². The fourth-order valence-electron chi connectivity index (χ4n) is 3.67. The number of benzene rings is 1. The zero-order chi connectivity index (χ0) is 16.7. The van der Waals surface area contributed by atoms with Gasteiger partial charge in [-0.3, -0.25) is 4.79 Å². The van der Waals surface area contributed by atoms with E-state index < -0.39 is 11.6 Å². The Morgan fingerprint density at radius 2 is 2.21 bits per heavy atom. The summed E-state index contributed by atoms with van der Waals surface area (Å²) in [7, 11) is 0. The van der Waals surface area contributed by atoms with Crippen LogP contribution in [0.2, 0.25) is 0 Å². The Hall–Kier alpha value is -1.82. The lowest BCUT2D eigenvalue weighted by molar-refractivity contribution is -0.133. The molecule has 3 nitrogen and oxygen atoms in total. The summed E-state index contributed by atoms with van der Waals surface area (Å²) in [6.07, 6.45) is 4.41. The predicted molar refractivity (Wildman–Crippen MR) is 87.9 cm³/mol. The molecule has 1 aromatic heterocycles. The molecule has 1 saturated heterocycles. The summed E-state index contributed by atoms with van der Waals surface area (Å²) in [5, 5.41) is 3.04. The lowest BCUT2D eigenvalue weighted by Crippen LogP contribution is -2.40. The van der Waals surface area contributed by atoms with Crippen LogP contribution < -0.4 is 0 Å². The molecule has 2 aromatic rings. The summed E-state index contributed by atoms with van der Waals surface area (Å²) in [5.74, 6) is -1.68. The lowest BCUT2D eigenvalue weighted by Gasteiger charge is -2.32. The number of hydrogen-bond donors (Lipinski definition) is 0. The van der Waals surface area contributed by atoms with Crippen LogP contribution in [0.1, 0.15) is 41.7 Å². The van der Waals surface area contributed by atoms with E-state index in [1.165, 1.54) is 6.07 Å². The molecule has 1 aliphatic heterocycles. The fourth-order valence-corrected chi connectivity index (χ4v) is 4.44. The van der Waals surface area contributed by atoms with Gasteiger partial charge in [-0.25, -0.2) is 13.8 Å². The Balaban J connectivity index is 1.44. The van der Waals surface area contributed by atoms with E-state index in [2.05, 4.69) is 4.98 Å². The second-order valence-electron chi connectivity index (χ2n) is 6.59. The normalized spacial score (nSPS) is 26.4. The molecule has 0 N–H and O–H groups in total. The second kappa shape index (κ2) is 6.24. The first kappa shape index (κ1) is 15.7. The molecular weight excluding hydrogens is 330 g/mol. The van der Waals surface area contributed by atoms with Crippen molar-refractivity contribution in [2.75, 3.05) is 13.1 Å². The Labute approximate surface area is 143 Å². The number of rotatable bonds is 3. The molecule has 126 valence electrons. The Morgan fingerprint density at radius 1 is 1.33 bits per heavy atom. The number of amides is 1. The molecule has 0 unspecified atom stereocenters. The zero-order valence-electron chi connectivity index (χ0n) is 13.1. The van der Waals surface area contributed by atoms with Gasteiger partial charge >= 0.3 is 0 Å².